The average Bonchev–Trinajstić information content (AvgIpc) is 2.81. The Labute approximate surface area is 116 Å². The van der Waals surface area contributed by atoms with Gasteiger partial charge in [0.1, 0.15) is 6.04 Å². The van der Waals surface area contributed by atoms with Crippen LogP contribution in [0.3, 0.4) is 0 Å². The Morgan fingerprint density at radius 2 is 2.30 bits per heavy atom. The Morgan fingerprint density at radius 3 is 2.90 bits per heavy atom. The molecular formula is C12H18N4O4. The van der Waals surface area contributed by atoms with E-state index >= 15 is 0 Å². The number of carbonyl (C=O) groups excluding carboxylic acids is 1. The second kappa shape index (κ2) is 5.89. The highest BCUT2D eigenvalue weighted by Gasteiger charge is 2.34. The molecule has 1 aliphatic heterocycles. The third-order valence-electron chi connectivity index (χ3n) is 3.37. The Balaban J connectivity index is 1.94. The molecule has 0 saturated carbocycles. The first kappa shape index (κ1) is 14.3. The van der Waals surface area contributed by atoms with Crippen LogP contribution in [-0.2, 0) is 11.3 Å². The number of rotatable bonds is 3. The number of aromatic nitrogens is 2. The van der Waals surface area contributed by atoms with Crippen LogP contribution in [0.25, 0.3) is 0 Å². The first-order valence-corrected chi connectivity index (χ1v) is 6.54. The summed E-state index contributed by atoms with van der Waals surface area (Å²) in [5.41, 5.74) is 0. The summed E-state index contributed by atoms with van der Waals surface area (Å²) in [5, 5.41) is 15.4. The van der Waals surface area contributed by atoms with Gasteiger partial charge in [-0.25, -0.2) is 9.59 Å². The van der Waals surface area contributed by atoms with Gasteiger partial charge >= 0.3 is 12.0 Å². The standard InChI is InChI=1S/C12H18N4O4/c1-7-3-4-16(9(5-7)11(17)18)12(19)13-6-10-14-8(2)15-20-10/h7,9H,3-6H2,1-2H3,(H,13,19)(H,17,18). The lowest BCUT2D eigenvalue weighted by molar-refractivity contribution is -0.143. The van der Waals surface area contributed by atoms with E-state index in [2.05, 4.69) is 15.5 Å². The number of aliphatic carboxylic acids is 1. The lowest BCUT2D eigenvalue weighted by Gasteiger charge is -2.35. The second-order valence-corrected chi connectivity index (χ2v) is 5.07. The van der Waals surface area contributed by atoms with Gasteiger partial charge in [-0.2, -0.15) is 4.98 Å². The summed E-state index contributed by atoms with van der Waals surface area (Å²) >= 11 is 0. The number of carbonyl (C=O) groups is 2. The third kappa shape index (κ3) is 3.25. The van der Waals surface area contributed by atoms with Gasteiger partial charge in [0.2, 0.25) is 5.89 Å². The first-order chi connectivity index (χ1) is 9.47. The molecule has 20 heavy (non-hydrogen) atoms. The van der Waals surface area contributed by atoms with E-state index in [-0.39, 0.29) is 6.54 Å². The molecule has 0 aromatic carbocycles. The van der Waals surface area contributed by atoms with E-state index in [1.54, 1.807) is 6.92 Å². The van der Waals surface area contributed by atoms with Gasteiger partial charge in [-0.15, -0.1) is 0 Å². The van der Waals surface area contributed by atoms with E-state index in [9.17, 15) is 14.7 Å². The van der Waals surface area contributed by atoms with Crippen molar-refractivity contribution in [2.45, 2.75) is 39.3 Å². The molecule has 8 nitrogen and oxygen atoms in total. The third-order valence-corrected chi connectivity index (χ3v) is 3.37. The summed E-state index contributed by atoms with van der Waals surface area (Å²) in [5.74, 6) is 0.122. The first-order valence-electron chi connectivity index (χ1n) is 6.54. The molecule has 2 unspecified atom stereocenters. The molecule has 0 spiro atoms. The van der Waals surface area contributed by atoms with Crippen molar-refractivity contribution in [2.75, 3.05) is 6.54 Å². The van der Waals surface area contributed by atoms with Crippen LogP contribution in [0.5, 0.6) is 0 Å². The largest absolute Gasteiger partial charge is 0.480 e. The lowest BCUT2D eigenvalue weighted by atomic mass is 9.93. The summed E-state index contributed by atoms with van der Waals surface area (Å²) in [6.45, 7) is 4.21. The maximum atomic E-state index is 12.1. The lowest BCUT2D eigenvalue weighted by Crippen LogP contribution is -2.53. The topological polar surface area (TPSA) is 109 Å². The highest BCUT2D eigenvalue weighted by Crippen LogP contribution is 2.22. The quantitative estimate of drug-likeness (QED) is 0.847. The number of urea groups is 1. The van der Waals surface area contributed by atoms with Crippen LogP contribution in [-0.4, -0.2) is 44.7 Å². The average molecular weight is 282 g/mol. The SMILES string of the molecule is Cc1noc(CNC(=O)N2CCC(C)CC2C(=O)O)n1. The number of hydrogen-bond donors (Lipinski definition) is 2. The molecule has 2 N–H and O–H groups in total. The molecule has 2 heterocycles. The summed E-state index contributed by atoms with van der Waals surface area (Å²) in [6.07, 6.45) is 1.28. The second-order valence-electron chi connectivity index (χ2n) is 5.07. The number of piperidine rings is 1. The molecule has 8 heteroatoms. The van der Waals surface area contributed by atoms with Gasteiger partial charge in [0.25, 0.3) is 0 Å². The number of likely N-dealkylation sites (tertiary alicyclic amines) is 1. The zero-order valence-electron chi connectivity index (χ0n) is 11.5. The van der Waals surface area contributed by atoms with Crippen molar-refractivity contribution in [1.29, 1.82) is 0 Å². The molecule has 1 saturated heterocycles. The van der Waals surface area contributed by atoms with Gasteiger partial charge in [0.15, 0.2) is 5.82 Å². The Bertz CT molecular complexity index is 501. The maximum absolute atomic E-state index is 12.1. The molecule has 1 aliphatic rings. The van der Waals surface area contributed by atoms with Gasteiger partial charge in [0, 0.05) is 6.54 Å². The van der Waals surface area contributed by atoms with Crippen molar-refractivity contribution in [3.8, 4) is 0 Å². The minimum absolute atomic E-state index is 0.0953. The van der Waals surface area contributed by atoms with Crippen molar-refractivity contribution in [3.63, 3.8) is 0 Å². The minimum atomic E-state index is -0.972. The van der Waals surface area contributed by atoms with E-state index in [4.69, 9.17) is 4.52 Å². The normalized spacial score (nSPS) is 22.6. The minimum Gasteiger partial charge on any atom is -0.480 e. The van der Waals surface area contributed by atoms with E-state index in [1.807, 2.05) is 6.92 Å². The van der Waals surface area contributed by atoms with Crippen molar-refractivity contribution < 1.29 is 19.2 Å². The summed E-state index contributed by atoms with van der Waals surface area (Å²) in [7, 11) is 0. The highest BCUT2D eigenvalue weighted by atomic mass is 16.5. The molecule has 1 fully saturated rings. The van der Waals surface area contributed by atoms with Crippen molar-refractivity contribution >= 4 is 12.0 Å². The van der Waals surface area contributed by atoms with Gasteiger partial charge in [-0.3, -0.25) is 0 Å². The van der Waals surface area contributed by atoms with Gasteiger partial charge in [-0.1, -0.05) is 12.1 Å². The number of aryl methyl sites for hydroxylation is 1. The van der Waals surface area contributed by atoms with Crippen LogP contribution in [0.2, 0.25) is 0 Å². The van der Waals surface area contributed by atoms with E-state index in [0.717, 1.165) is 6.42 Å². The zero-order valence-corrected chi connectivity index (χ0v) is 11.5. The summed E-state index contributed by atoms with van der Waals surface area (Å²) in [4.78, 5) is 28.6. The van der Waals surface area contributed by atoms with Crippen LogP contribution in [0.4, 0.5) is 4.79 Å². The van der Waals surface area contributed by atoms with E-state index in [0.29, 0.717) is 30.6 Å². The predicted octanol–water partition coefficient (Wildman–Crippen LogP) is 0.773. The van der Waals surface area contributed by atoms with E-state index < -0.39 is 18.0 Å². The number of carboxylic acid groups (broad SMARTS) is 1. The number of hydrogen-bond acceptors (Lipinski definition) is 5. The molecule has 0 bridgehead atoms. The molecule has 2 amide bonds. The summed E-state index contributed by atoms with van der Waals surface area (Å²) in [6, 6.07) is -1.19. The van der Waals surface area contributed by atoms with Crippen molar-refractivity contribution in [1.82, 2.24) is 20.4 Å². The zero-order chi connectivity index (χ0) is 14.7. The molecule has 0 aliphatic carbocycles. The molecule has 2 rings (SSSR count). The number of amides is 2. The molecule has 110 valence electrons. The monoisotopic (exact) mass is 282 g/mol. The predicted molar refractivity (Wildman–Crippen MR) is 67.8 cm³/mol. The number of nitrogens with one attached hydrogen (secondary N) is 1. The van der Waals surface area contributed by atoms with E-state index in [1.165, 1.54) is 4.90 Å². The fraction of sp³-hybridized carbons (Fsp3) is 0.667. The van der Waals surface area contributed by atoms with Crippen LogP contribution in [0, 0.1) is 12.8 Å². The van der Waals surface area contributed by atoms with Gasteiger partial charge < -0.3 is 19.8 Å². The number of carboxylic acids is 1. The smallest absolute Gasteiger partial charge is 0.326 e. The fourth-order valence-electron chi connectivity index (χ4n) is 2.28. The maximum Gasteiger partial charge on any atom is 0.326 e. The molecule has 2 atom stereocenters. The molecule has 1 aromatic rings. The van der Waals surface area contributed by atoms with Crippen LogP contribution >= 0.6 is 0 Å². The molecule has 0 radical (unpaired) electrons. The Kier molecular flexibility index (Phi) is 4.21. The van der Waals surface area contributed by atoms with Gasteiger partial charge in [0.05, 0.1) is 6.54 Å². The molecular weight excluding hydrogens is 264 g/mol. The van der Waals surface area contributed by atoms with Gasteiger partial charge in [-0.05, 0) is 25.7 Å². The van der Waals surface area contributed by atoms with Crippen molar-refractivity contribution in [2.24, 2.45) is 5.92 Å². The highest BCUT2D eigenvalue weighted by molar-refractivity contribution is 5.82. The molecule has 1 aromatic heterocycles. The summed E-state index contributed by atoms with van der Waals surface area (Å²) < 4.78 is 4.88. The fourth-order valence-corrected chi connectivity index (χ4v) is 2.28. The van der Waals surface area contributed by atoms with Crippen LogP contribution in [0.15, 0.2) is 4.52 Å². The van der Waals surface area contributed by atoms with Crippen LogP contribution in [0.1, 0.15) is 31.5 Å². The Hall–Kier alpha value is -2.12. The van der Waals surface area contributed by atoms with Crippen molar-refractivity contribution in [3.05, 3.63) is 11.7 Å². The van der Waals surface area contributed by atoms with Crippen LogP contribution < -0.4 is 5.32 Å². The number of nitrogens with zero attached hydrogens (tertiary/aromatic N) is 3. The Morgan fingerprint density at radius 1 is 1.55 bits per heavy atom.